The molecule has 3 saturated carbocycles. The first-order chi connectivity index (χ1) is 17.0. The first-order valence-corrected chi connectivity index (χ1v) is 15.3. The molecule has 1 amide bonds. The van der Waals surface area contributed by atoms with Crippen LogP contribution < -0.4 is 5.32 Å². The number of carbonyl (C=O) groups is 1. The number of amides is 1. The fourth-order valence-electron chi connectivity index (χ4n) is 9.33. The number of rotatable bonds is 9. The van der Waals surface area contributed by atoms with Gasteiger partial charge in [0.05, 0.1) is 0 Å². The molecule has 0 aromatic rings. The van der Waals surface area contributed by atoms with E-state index in [2.05, 4.69) is 50.9 Å². The Morgan fingerprint density at radius 1 is 1.08 bits per heavy atom. The van der Waals surface area contributed by atoms with E-state index in [9.17, 15) is 4.79 Å². The number of ether oxygens (including phenoxy) is 1. The summed E-state index contributed by atoms with van der Waals surface area (Å²) in [7, 11) is 4.04. The van der Waals surface area contributed by atoms with Crippen molar-refractivity contribution < 1.29 is 9.53 Å². The molecule has 0 spiro atoms. The fraction of sp³-hybridized carbons (Fsp3) is 0.906. The monoisotopic (exact) mass is 500 g/mol. The zero-order valence-electron chi connectivity index (χ0n) is 24.6. The van der Waals surface area contributed by atoms with Crippen molar-refractivity contribution in [3.8, 4) is 0 Å². The molecule has 0 bridgehead atoms. The summed E-state index contributed by atoms with van der Waals surface area (Å²) in [6, 6.07) is 0. The highest BCUT2D eigenvalue weighted by Gasteiger charge is 2.59. The highest BCUT2D eigenvalue weighted by Crippen LogP contribution is 2.67. The second kappa shape index (κ2) is 11.4. The van der Waals surface area contributed by atoms with Gasteiger partial charge in [-0.1, -0.05) is 65.5 Å². The third-order valence-electron chi connectivity index (χ3n) is 11.4. The number of fused-ring (bicyclic) bond motifs is 5. The maximum absolute atomic E-state index is 12.3. The Morgan fingerprint density at radius 2 is 1.86 bits per heavy atom. The Hall–Kier alpha value is -1.03. The standard InChI is InChI=1S/C32H56N2O2/c1-22(2)9-8-10-23(3)27-13-14-28-26-12-11-24-21-25(36-30(35)33-19-20-34(6)7)15-17-31(24,4)29(26)16-18-32(27,28)5/h11,22-23,25-29H,8-10,12-21H2,1-7H3,(H,33,35)/t23-,25?,26?,27?,28?,29?,31?,32?/m1/s1. The van der Waals surface area contributed by atoms with Crippen molar-refractivity contribution in [2.45, 2.75) is 111 Å². The first-order valence-electron chi connectivity index (χ1n) is 15.3. The molecule has 36 heavy (non-hydrogen) atoms. The van der Waals surface area contributed by atoms with Crippen LogP contribution in [0.5, 0.6) is 0 Å². The van der Waals surface area contributed by atoms with Crippen molar-refractivity contribution in [1.82, 2.24) is 10.2 Å². The van der Waals surface area contributed by atoms with E-state index < -0.39 is 0 Å². The minimum absolute atomic E-state index is 0.0386. The molecule has 4 aliphatic carbocycles. The lowest BCUT2D eigenvalue weighted by molar-refractivity contribution is -0.0581. The van der Waals surface area contributed by atoms with Gasteiger partial charge in [-0.05, 0) is 105 Å². The van der Waals surface area contributed by atoms with Crippen molar-refractivity contribution in [2.75, 3.05) is 27.2 Å². The lowest BCUT2D eigenvalue weighted by Crippen LogP contribution is -2.51. The minimum atomic E-state index is -0.243. The van der Waals surface area contributed by atoms with Gasteiger partial charge < -0.3 is 15.0 Å². The lowest BCUT2D eigenvalue weighted by Gasteiger charge is -2.58. The van der Waals surface area contributed by atoms with E-state index >= 15 is 0 Å². The number of carbonyl (C=O) groups excluding carboxylic acids is 1. The predicted octanol–water partition coefficient (Wildman–Crippen LogP) is 7.68. The molecule has 4 nitrogen and oxygen atoms in total. The molecule has 4 aliphatic rings. The number of allylic oxidation sites excluding steroid dienone is 1. The Balaban J connectivity index is 1.37. The summed E-state index contributed by atoms with van der Waals surface area (Å²) >= 11 is 0. The van der Waals surface area contributed by atoms with Gasteiger partial charge in [0.15, 0.2) is 0 Å². The molecule has 4 rings (SSSR count). The molecule has 8 atom stereocenters. The average molecular weight is 501 g/mol. The van der Waals surface area contributed by atoms with E-state index in [1.807, 2.05) is 14.1 Å². The molecule has 7 unspecified atom stereocenters. The molecule has 0 radical (unpaired) electrons. The van der Waals surface area contributed by atoms with Crippen LogP contribution in [-0.2, 0) is 4.74 Å². The van der Waals surface area contributed by atoms with Gasteiger partial charge in [0.1, 0.15) is 6.10 Å². The summed E-state index contributed by atoms with van der Waals surface area (Å²) in [6.45, 7) is 14.0. The molecule has 0 aliphatic heterocycles. The van der Waals surface area contributed by atoms with E-state index in [0.717, 1.165) is 54.9 Å². The van der Waals surface area contributed by atoms with E-state index in [1.54, 1.807) is 5.57 Å². The molecule has 0 saturated heterocycles. The number of hydrogen-bond donors (Lipinski definition) is 1. The zero-order valence-corrected chi connectivity index (χ0v) is 24.6. The second-order valence-corrected chi connectivity index (χ2v) is 14.3. The Morgan fingerprint density at radius 3 is 2.58 bits per heavy atom. The number of nitrogens with one attached hydrogen (secondary N) is 1. The summed E-state index contributed by atoms with van der Waals surface area (Å²) < 4.78 is 5.87. The van der Waals surface area contributed by atoms with Crippen LogP contribution in [0, 0.1) is 46.3 Å². The summed E-state index contributed by atoms with van der Waals surface area (Å²) in [5, 5.41) is 2.93. The second-order valence-electron chi connectivity index (χ2n) is 14.3. The Labute approximate surface area is 222 Å². The molecule has 206 valence electrons. The molecule has 0 aromatic carbocycles. The molecular weight excluding hydrogens is 444 g/mol. The van der Waals surface area contributed by atoms with Gasteiger partial charge in [0, 0.05) is 19.5 Å². The van der Waals surface area contributed by atoms with Crippen molar-refractivity contribution in [1.29, 1.82) is 0 Å². The molecular formula is C32H56N2O2. The van der Waals surface area contributed by atoms with E-state index in [-0.39, 0.29) is 12.2 Å². The van der Waals surface area contributed by atoms with Crippen LogP contribution in [-0.4, -0.2) is 44.3 Å². The quantitative estimate of drug-likeness (QED) is 0.330. The summed E-state index contributed by atoms with van der Waals surface area (Å²) in [5.74, 6) is 5.21. The molecule has 3 fully saturated rings. The number of alkyl carbamates (subject to hydrolysis) is 1. The summed E-state index contributed by atoms with van der Waals surface area (Å²) in [6.07, 6.45) is 16.7. The summed E-state index contributed by atoms with van der Waals surface area (Å²) in [4.78, 5) is 14.4. The van der Waals surface area contributed by atoms with Gasteiger partial charge in [-0.3, -0.25) is 0 Å². The van der Waals surface area contributed by atoms with Crippen LogP contribution in [0.4, 0.5) is 4.79 Å². The van der Waals surface area contributed by atoms with Crippen LogP contribution in [0.25, 0.3) is 0 Å². The first kappa shape index (κ1) is 28.0. The maximum Gasteiger partial charge on any atom is 0.407 e. The van der Waals surface area contributed by atoms with Gasteiger partial charge in [-0.15, -0.1) is 0 Å². The van der Waals surface area contributed by atoms with Gasteiger partial charge in [0.2, 0.25) is 0 Å². The average Bonchev–Trinajstić information content (AvgIpc) is 3.16. The van der Waals surface area contributed by atoms with Crippen molar-refractivity contribution in [3.63, 3.8) is 0 Å². The lowest BCUT2D eigenvalue weighted by atomic mass is 9.47. The van der Waals surface area contributed by atoms with Crippen LogP contribution in [0.2, 0.25) is 0 Å². The Kier molecular flexibility index (Phi) is 8.85. The van der Waals surface area contributed by atoms with Crippen LogP contribution in [0.3, 0.4) is 0 Å². The van der Waals surface area contributed by atoms with E-state index in [4.69, 9.17) is 4.74 Å². The Bertz CT molecular complexity index is 791. The third kappa shape index (κ3) is 5.69. The van der Waals surface area contributed by atoms with E-state index in [0.29, 0.717) is 17.4 Å². The van der Waals surface area contributed by atoms with Crippen LogP contribution >= 0.6 is 0 Å². The smallest absolute Gasteiger partial charge is 0.407 e. The third-order valence-corrected chi connectivity index (χ3v) is 11.4. The number of likely N-dealkylation sites (N-methyl/N-ethyl adjacent to an activating group) is 1. The van der Waals surface area contributed by atoms with Gasteiger partial charge in [-0.2, -0.15) is 0 Å². The van der Waals surface area contributed by atoms with Gasteiger partial charge >= 0.3 is 6.09 Å². The maximum atomic E-state index is 12.3. The SMILES string of the molecule is CC(C)CCC[C@@H](C)C1CCC2C3CC=C4CC(OC(=O)NCCN(C)C)CCC4(C)C3CCC21C. The topological polar surface area (TPSA) is 41.6 Å². The normalized spacial score (nSPS) is 38.7. The van der Waals surface area contributed by atoms with Gasteiger partial charge in [0.25, 0.3) is 0 Å². The number of nitrogens with zero attached hydrogens (tertiary/aromatic N) is 1. The highest BCUT2D eigenvalue weighted by atomic mass is 16.6. The highest BCUT2D eigenvalue weighted by molar-refractivity contribution is 5.67. The minimum Gasteiger partial charge on any atom is -0.446 e. The predicted molar refractivity (Wildman–Crippen MR) is 150 cm³/mol. The van der Waals surface area contributed by atoms with Crippen molar-refractivity contribution >= 4 is 6.09 Å². The van der Waals surface area contributed by atoms with Crippen molar-refractivity contribution in [2.24, 2.45) is 46.3 Å². The zero-order chi connectivity index (χ0) is 26.1. The van der Waals surface area contributed by atoms with Crippen LogP contribution in [0.1, 0.15) is 105 Å². The largest absolute Gasteiger partial charge is 0.446 e. The van der Waals surface area contributed by atoms with E-state index in [1.165, 1.54) is 57.8 Å². The van der Waals surface area contributed by atoms with Gasteiger partial charge in [-0.25, -0.2) is 4.79 Å². The molecule has 0 aromatic heterocycles. The molecule has 1 N–H and O–H groups in total. The molecule has 4 heteroatoms. The fourth-order valence-corrected chi connectivity index (χ4v) is 9.33. The van der Waals surface area contributed by atoms with Crippen molar-refractivity contribution in [3.05, 3.63) is 11.6 Å². The van der Waals surface area contributed by atoms with Crippen LogP contribution in [0.15, 0.2) is 11.6 Å². The molecule has 0 heterocycles. The summed E-state index contributed by atoms with van der Waals surface area (Å²) in [5.41, 5.74) is 2.46. The number of hydrogen-bond acceptors (Lipinski definition) is 3.